The fourth-order valence-corrected chi connectivity index (χ4v) is 1.94. The van der Waals surface area contributed by atoms with E-state index >= 15 is 0 Å². The van der Waals surface area contributed by atoms with E-state index in [1.165, 1.54) is 0 Å². The number of rotatable bonds is 3. The van der Waals surface area contributed by atoms with Gasteiger partial charge in [0.1, 0.15) is 0 Å². The van der Waals surface area contributed by atoms with Gasteiger partial charge in [-0.2, -0.15) is 0 Å². The van der Waals surface area contributed by atoms with Gasteiger partial charge >= 0.3 is 11.8 Å². The Morgan fingerprint density at radius 2 is 1.59 bits per heavy atom. The van der Waals surface area contributed by atoms with Crippen LogP contribution in [0.3, 0.4) is 0 Å². The smallest absolute Gasteiger partial charge is 0.313 e. The summed E-state index contributed by atoms with van der Waals surface area (Å²) in [6.45, 7) is 4.19. The Morgan fingerprint density at radius 1 is 0.955 bits per heavy atom. The Morgan fingerprint density at radius 3 is 2.23 bits per heavy atom. The van der Waals surface area contributed by atoms with Crippen LogP contribution >= 0.6 is 0 Å². The predicted molar refractivity (Wildman–Crippen MR) is 87.2 cm³/mol. The molecule has 0 bridgehead atoms. The lowest BCUT2D eigenvalue weighted by Gasteiger charge is -2.09. The summed E-state index contributed by atoms with van der Waals surface area (Å²) in [7, 11) is 0. The van der Waals surface area contributed by atoms with Gasteiger partial charge in [0.05, 0.1) is 11.4 Å². The molecule has 22 heavy (non-hydrogen) atoms. The molecule has 2 rings (SSSR count). The topological polar surface area (TPSA) is 84.2 Å². The summed E-state index contributed by atoms with van der Waals surface area (Å²) in [5, 5.41) is 5.08. The van der Waals surface area contributed by atoms with Crippen LogP contribution in [-0.4, -0.2) is 11.8 Å². The summed E-state index contributed by atoms with van der Waals surface area (Å²) in [6.07, 6.45) is 0. The molecule has 5 nitrogen and oxygen atoms in total. The normalized spacial score (nSPS) is 10.1. The summed E-state index contributed by atoms with van der Waals surface area (Å²) in [4.78, 5) is 23.6. The fraction of sp³-hybridized carbons (Fsp3) is 0.176. The van der Waals surface area contributed by atoms with Crippen LogP contribution in [0.25, 0.3) is 0 Å². The number of amides is 2. The number of anilines is 2. The highest BCUT2D eigenvalue weighted by molar-refractivity contribution is 6.39. The second-order valence-electron chi connectivity index (χ2n) is 5.21. The minimum Gasteiger partial charge on any atom is -0.397 e. The van der Waals surface area contributed by atoms with Crippen molar-refractivity contribution >= 4 is 23.2 Å². The van der Waals surface area contributed by atoms with Gasteiger partial charge in [0.25, 0.3) is 0 Å². The Hall–Kier alpha value is -2.82. The van der Waals surface area contributed by atoms with Crippen molar-refractivity contribution in [1.29, 1.82) is 0 Å². The molecule has 2 aromatic carbocycles. The standard InChI is InChI=1S/C17H19N3O2/c1-11-3-6-13(7-4-11)10-19-16(21)17(22)20-15-8-5-12(2)9-14(15)18/h3-9H,10,18H2,1-2H3,(H,19,21)(H,20,22). The van der Waals surface area contributed by atoms with Gasteiger partial charge in [-0.3, -0.25) is 9.59 Å². The molecule has 0 unspecified atom stereocenters. The molecule has 0 radical (unpaired) electrons. The van der Waals surface area contributed by atoms with Crippen molar-refractivity contribution in [3.05, 3.63) is 59.2 Å². The SMILES string of the molecule is Cc1ccc(CNC(=O)C(=O)Nc2ccc(C)cc2N)cc1. The second kappa shape index (κ2) is 6.76. The summed E-state index contributed by atoms with van der Waals surface area (Å²) >= 11 is 0. The highest BCUT2D eigenvalue weighted by Gasteiger charge is 2.14. The molecular formula is C17H19N3O2. The first kappa shape index (κ1) is 15.6. The van der Waals surface area contributed by atoms with Crippen LogP contribution in [0.4, 0.5) is 11.4 Å². The van der Waals surface area contributed by atoms with E-state index in [2.05, 4.69) is 10.6 Å². The quantitative estimate of drug-likeness (QED) is 0.599. The number of benzene rings is 2. The zero-order valence-electron chi connectivity index (χ0n) is 12.6. The molecule has 0 aliphatic carbocycles. The summed E-state index contributed by atoms with van der Waals surface area (Å²) in [6, 6.07) is 13.0. The average Bonchev–Trinajstić information content (AvgIpc) is 2.49. The van der Waals surface area contributed by atoms with E-state index in [9.17, 15) is 9.59 Å². The molecule has 0 atom stereocenters. The highest BCUT2D eigenvalue weighted by atomic mass is 16.2. The van der Waals surface area contributed by atoms with Crippen LogP contribution in [0, 0.1) is 13.8 Å². The number of aryl methyl sites for hydroxylation is 2. The maximum Gasteiger partial charge on any atom is 0.313 e. The van der Waals surface area contributed by atoms with Crippen molar-refractivity contribution in [1.82, 2.24) is 5.32 Å². The minimum atomic E-state index is -0.734. The van der Waals surface area contributed by atoms with E-state index in [0.717, 1.165) is 16.7 Å². The molecule has 0 fully saturated rings. The van der Waals surface area contributed by atoms with E-state index in [4.69, 9.17) is 5.73 Å². The van der Waals surface area contributed by atoms with Gasteiger partial charge in [-0.05, 0) is 37.1 Å². The van der Waals surface area contributed by atoms with Crippen molar-refractivity contribution < 1.29 is 9.59 Å². The molecular weight excluding hydrogens is 278 g/mol. The van der Waals surface area contributed by atoms with E-state index in [-0.39, 0.29) is 0 Å². The number of nitrogens with two attached hydrogens (primary N) is 1. The predicted octanol–water partition coefficient (Wildman–Crippen LogP) is 2.14. The van der Waals surface area contributed by atoms with Gasteiger partial charge in [-0.15, -0.1) is 0 Å². The van der Waals surface area contributed by atoms with Crippen molar-refractivity contribution in [3.8, 4) is 0 Å². The van der Waals surface area contributed by atoms with Crippen molar-refractivity contribution in [2.45, 2.75) is 20.4 Å². The van der Waals surface area contributed by atoms with Gasteiger partial charge in [-0.25, -0.2) is 0 Å². The molecule has 4 N–H and O–H groups in total. The Balaban J connectivity index is 1.92. The monoisotopic (exact) mass is 297 g/mol. The van der Waals surface area contributed by atoms with Crippen molar-refractivity contribution in [2.24, 2.45) is 0 Å². The first-order valence-electron chi connectivity index (χ1n) is 6.96. The third-order valence-electron chi connectivity index (χ3n) is 3.24. The van der Waals surface area contributed by atoms with E-state index < -0.39 is 11.8 Å². The van der Waals surface area contributed by atoms with Crippen molar-refractivity contribution in [2.75, 3.05) is 11.1 Å². The maximum absolute atomic E-state index is 11.8. The Labute approximate surface area is 129 Å². The third kappa shape index (κ3) is 4.09. The Bertz CT molecular complexity index is 694. The molecule has 0 saturated carbocycles. The van der Waals surface area contributed by atoms with Gasteiger partial charge < -0.3 is 16.4 Å². The minimum absolute atomic E-state index is 0.302. The number of nitrogens with one attached hydrogen (secondary N) is 2. The van der Waals surface area contributed by atoms with Crippen LogP contribution in [0.2, 0.25) is 0 Å². The molecule has 0 aliphatic rings. The molecule has 0 heterocycles. The number of hydrogen-bond donors (Lipinski definition) is 3. The van der Waals surface area contributed by atoms with E-state index in [1.807, 2.05) is 44.2 Å². The van der Waals surface area contributed by atoms with Gasteiger partial charge in [-0.1, -0.05) is 35.9 Å². The van der Waals surface area contributed by atoms with Crippen LogP contribution in [-0.2, 0) is 16.1 Å². The lowest BCUT2D eigenvalue weighted by atomic mass is 10.1. The number of hydrogen-bond acceptors (Lipinski definition) is 3. The highest BCUT2D eigenvalue weighted by Crippen LogP contribution is 2.19. The molecule has 2 amide bonds. The molecule has 2 aromatic rings. The first-order chi connectivity index (χ1) is 10.5. The Kier molecular flexibility index (Phi) is 4.78. The lowest BCUT2D eigenvalue weighted by Crippen LogP contribution is -2.35. The lowest BCUT2D eigenvalue weighted by molar-refractivity contribution is -0.136. The van der Waals surface area contributed by atoms with Crippen LogP contribution < -0.4 is 16.4 Å². The number of carbonyl (C=O) groups is 2. The van der Waals surface area contributed by atoms with Crippen LogP contribution in [0.1, 0.15) is 16.7 Å². The van der Waals surface area contributed by atoms with Gasteiger partial charge in [0.2, 0.25) is 0 Å². The van der Waals surface area contributed by atoms with E-state index in [0.29, 0.717) is 17.9 Å². The van der Waals surface area contributed by atoms with Crippen molar-refractivity contribution in [3.63, 3.8) is 0 Å². The summed E-state index contributed by atoms with van der Waals surface area (Å²) in [5.41, 5.74) is 9.72. The first-order valence-corrected chi connectivity index (χ1v) is 6.96. The second-order valence-corrected chi connectivity index (χ2v) is 5.21. The zero-order chi connectivity index (χ0) is 16.1. The van der Waals surface area contributed by atoms with Gasteiger partial charge in [0, 0.05) is 6.54 Å². The van der Waals surface area contributed by atoms with Crippen LogP contribution in [0.15, 0.2) is 42.5 Å². The zero-order valence-corrected chi connectivity index (χ0v) is 12.6. The summed E-state index contributed by atoms with van der Waals surface area (Å²) in [5.74, 6) is -1.43. The average molecular weight is 297 g/mol. The largest absolute Gasteiger partial charge is 0.397 e. The number of carbonyl (C=O) groups excluding carboxylic acids is 2. The molecule has 0 aromatic heterocycles. The van der Waals surface area contributed by atoms with Gasteiger partial charge in [0.15, 0.2) is 0 Å². The molecule has 0 aliphatic heterocycles. The molecule has 0 spiro atoms. The molecule has 114 valence electrons. The van der Waals surface area contributed by atoms with Crippen LogP contribution in [0.5, 0.6) is 0 Å². The fourth-order valence-electron chi connectivity index (χ4n) is 1.94. The maximum atomic E-state index is 11.8. The van der Waals surface area contributed by atoms with E-state index in [1.54, 1.807) is 12.1 Å². The summed E-state index contributed by atoms with van der Waals surface area (Å²) < 4.78 is 0. The third-order valence-corrected chi connectivity index (χ3v) is 3.24. The molecule has 0 saturated heterocycles. The molecule has 5 heteroatoms. The number of nitrogen functional groups attached to an aromatic ring is 1.